The number of nitrogens with zero attached hydrogens (tertiary/aromatic N) is 2. The van der Waals surface area contributed by atoms with Gasteiger partial charge in [0, 0.05) is 17.4 Å². The van der Waals surface area contributed by atoms with Crippen LogP contribution in [0.5, 0.6) is 11.5 Å². The van der Waals surface area contributed by atoms with Crippen LogP contribution in [-0.2, 0) is 10.0 Å². The summed E-state index contributed by atoms with van der Waals surface area (Å²) in [7, 11) is -3.76. The Morgan fingerprint density at radius 3 is 2.50 bits per heavy atom. The van der Waals surface area contributed by atoms with Crippen LogP contribution in [0.4, 0.5) is 17.2 Å². The van der Waals surface area contributed by atoms with Gasteiger partial charge in [0.2, 0.25) is 0 Å². The fraction of sp³-hybridized carbons (Fsp3) is 0.100. The fourth-order valence-corrected chi connectivity index (χ4v) is 4.90. The molecule has 5 rings (SSSR count). The monoisotopic (exact) mass is 440 g/mol. The molecule has 30 heavy (non-hydrogen) atoms. The molecule has 3 heterocycles. The van der Waals surface area contributed by atoms with Crippen molar-refractivity contribution in [1.82, 2.24) is 9.97 Å². The third kappa shape index (κ3) is 3.62. The molecular weight excluding hydrogens is 424 g/mol. The van der Waals surface area contributed by atoms with Crippen molar-refractivity contribution >= 4 is 48.8 Å². The summed E-state index contributed by atoms with van der Waals surface area (Å²) in [5.74, 6) is 1.67. The summed E-state index contributed by atoms with van der Waals surface area (Å²) >= 11 is 1.55. The van der Waals surface area contributed by atoms with Gasteiger partial charge in [-0.2, -0.15) is 0 Å². The minimum Gasteiger partial charge on any atom is -0.486 e. The molecule has 0 saturated carbocycles. The molecule has 0 unspecified atom stereocenters. The molecule has 0 spiro atoms. The minimum atomic E-state index is -3.76. The number of nitrogens with one attached hydrogen (secondary N) is 2. The number of hydrogen-bond acceptors (Lipinski definition) is 8. The molecule has 10 heteroatoms. The molecule has 152 valence electrons. The second-order valence-corrected chi connectivity index (χ2v) is 9.07. The second kappa shape index (κ2) is 7.47. The number of rotatable bonds is 5. The first-order valence-corrected chi connectivity index (χ1v) is 11.4. The number of hydrogen-bond donors (Lipinski definition) is 2. The quantitative estimate of drug-likeness (QED) is 0.483. The number of anilines is 3. The Morgan fingerprint density at radius 1 is 0.900 bits per heavy atom. The van der Waals surface area contributed by atoms with Gasteiger partial charge in [-0.05, 0) is 47.8 Å². The van der Waals surface area contributed by atoms with Crippen molar-refractivity contribution < 1.29 is 17.9 Å². The molecule has 2 N–H and O–H groups in total. The highest BCUT2D eigenvalue weighted by atomic mass is 32.2. The third-order valence-electron chi connectivity index (χ3n) is 4.47. The lowest BCUT2D eigenvalue weighted by molar-refractivity contribution is 0.171. The van der Waals surface area contributed by atoms with E-state index in [1.165, 1.54) is 18.5 Å². The van der Waals surface area contributed by atoms with Gasteiger partial charge in [-0.25, -0.2) is 18.4 Å². The Morgan fingerprint density at radius 2 is 1.67 bits per heavy atom. The molecular formula is C20H16N4O4S2. The molecule has 0 aliphatic carbocycles. The van der Waals surface area contributed by atoms with Crippen LogP contribution in [0.2, 0.25) is 0 Å². The van der Waals surface area contributed by atoms with Gasteiger partial charge in [0.1, 0.15) is 19.5 Å². The van der Waals surface area contributed by atoms with Crippen LogP contribution in [0, 0.1) is 0 Å². The van der Waals surface area contributed by atoms with Crippen LogP contribution < -0.4 is 19.5 Å². The maximum Gasteiger partial charge on any atom is 0.262 e. The summed E-state index contributed by atoms with van der Waals surface area (Å²) in [4.78, 5) is 8.61. The molecule has 2 aromatic carbocycles. The van der Waals surface area contributed by atoms with E-state index >= 15 is 0 Å². The van der Waals surface area contributed by atoms with Crippen molar-refractivity contribution in [2.45, 2.75) is 4.90 Å². The molecule has 0 amide bonds. The molecule has 0 atom stereocenters. The summed E-state index contributed by atoms with van der Waals surface area (Å²) in [6, 6.07) is 13.4. The maximum atomic E-state index is 12.7. The summed E-state index contributed by atoms with van der Waals surface area (Å²) in [6.07, 6.45) is 1.51. The van der Waals surface area contributed by atoms with Crippen molar-refractivity contribution in [2.24, 2.45) is 0 Å². The van der Waals surface area contributed by atoms with E-state index < -0.39 is 10.0 Å². The molecule has 8 nitrogen and oxygen atoms in total. The molecule has 0 saturated heterocycles. The Hall–Kier alpha value is -3.37. The molecule has 0 fully saturated rings. The lowest BCUT2D eigenvalue weighted by atomic mass is 10.3. The van der Waals surface area contributed by atoms with Crippen LogP contribution >= 0.6 is 11.3 Å². The Labute approximate surface area is 176 Å². The smallest absolute Gasteiger partial charge is 0.262 e. The number of sulfonamides is 1. The Balaban J connectivity index is 1.34. The zero-order valence-corrected chi connectivity index (χ0v) is 17.2. The molecule has 1 aliphatic rings. The lowest BCUT2D eigenvalue weighted by Crippen LogP contribution is -2.17. The minimum absolute atomic E-state index is 0.107. The molecule has 0 radical (unpaired) electrons. The SMILES string of the molecule is O=S(=O)(Nc1ccc(Nc2ncnc3ccsc23)cc1)c1ccc2c(c1)OCCO2. The number of benzene rings is 2. The summed E-state index contributed by atoms with van der Waals surface area (Å²) in [5.41, 5.74) is 2.10. The number of aromatic nitrogens is 2. The van der Waals surface area contributed by atoms with E-state index in [0.717, 1.165) is 15.9 Å². The molecule has 2 aromatic heterocycles. The van der Waals surface area contributed by atoms with Crippen LogP contribution in [0.15, 0.2) is 65.1 Å². The van der Waals surface area contributed by atoms with E-state index in [9.17, 15) is 8.42 Å². The summed E-state index contributed by atoms with van der Waals surface area (Å²) < 4.78 is 39.9. The predicted molar refractivity (Wildman–Crippen MR) is 115 cm³/mol. The van der Waals surface area contributed by atoms with Crippen molar-refractivity contribution in [3.05, 3.63) is 60.2 Å². The normalized spacial score (nSPS) is 13.2. The average molecular weight is 441 g/mol. The Bertz CT molecular complexity index is 1320. The van der Waals surface area contributed by atoms with Crippen LogP contribution in [-0.4, -0.2) is 31.6 Å². The predicted octanol–water partition coefficient (Wildman–Crippen LogP) is 4.01. The first-order chi connectivity index (χ1) is 14.6. The standard InChI is InChI=1S/C20H16N4O4S2/c25-30(26,15-5-6-17-18(11-15)28-9-8-27-17)24-14-3-1-13(2-4-14)23-20-19-16(7-10-29-19)21-12-22-20/h1-7,10-12,24H,8-9H2,(H,21,22,23). The molecule has 0 bridgehead atoms. The largest absolute Gasteiger partial charge is 0.486 e. The van der Waals surface area contributed by atoms with E-state index in [4.69, 9.17) is 9.47 Å². The summed E-state index contributed by atoms with van der Waals surface area (Å²) in [5, 5.41) is 5.20. The van der Waals surface area contributed by atoms with E-state index in [0.29, 0.717) is 36.2 Å². The van der Waals surface area contributed by atoms with Gasteiger partial charge in [-0.1, -0.05) is 0 Å². The van der Waals surface area contributed by atoms with E-state index in [1.54, 1.807) is 41.7 Å². The van der Waals surface area contributed by atoms with Crippen LogP contribution in [0.3, 0.4) is 0 Å². The van der Waals surface area contributed by atoms with Gasteiger partial charge in [0.05, 0.1) is 15.1 Å². The topological polar surface area (TPSA) is 102 Å². The highest BCUT2D eigenvalue weighted by Crippen LogP contribution is 2.33. The molecule has 1 aliphatic heterocycles. The Kier molecular flexibility index (Phi) is 4.64. The van der Waals surface area contributed by atoms with E-state index in [-0.39, 0.29) is 4.90 Å². The van der Waals surface area contributed by atoms with Crippen LogP contribution in [0.25, 0.3) is 10.2 Å². The van der Waals surface area contributed by atoms with Gasteiger partial charge < -0.3 is 14.8 Å². The van der Waals surface area contributed by atoms with Gasteiger partial charge in [-0.3, -0.25) is 4.72 Å². The van der Waals surface area contributed by atoms with Gasteiger partial charge >= 0.3 is 0 Å². The first kappa shape index (κ1) is 18.6. The third-order valence-corrected chi connectivity index (χ3v) is 6.76. The highest BCUT2D eigenvalue weighted by Gasteiger charge is 2.19. The lowest BCUT2D eigenvalue weighted by Gasteiger charge is -2.19. The summed E-state index contributed by atoms with van der Waals surface area (Å²) in [6.45, 7) is 0.841. The number of fused-ring (bicyclic) bond motifs is 2. The number of thiophene rings is 1. The van der Waals surface area contributed by atoms with Crippen molar-refractivity contribution in [3.63, 3.8) is 0 Å². The maximum absolute atomic E-state index is 12.7. The van der Waals surface area contributed by atoms with Crippen molar-refractivity contribution in [3.8, 4) is 11.5 Å². The van der Waals surface area contributed by atoms with Crippen molar-refractivity contribution in [2.75, 3.05) is 23.3 Å². The fourth-order valence-electron chi connectivity index (χ4n) is 3.04. The van der Waals surface area contributed by atoms with Crippen molar-refractivity contribution in [1.29, 1.82) is 0 Å². The van der Waals surface area contributed by atoms with E-state index in [1.807, 2.05) is 11.4 Å². The van der Waals surface area contributed by atoms with E-state index in [2.05, 4.69) is 20.0 Å². The zero-order valence-electron chi connectivity index (χ0n) is 15.5. The molecule has 4 aromatic rings. The average Bonchev–Trinajstić information content (AvgIpc) is 3.24. The van der Waals surface area contributed by atoms with Gasteiger partial charge in [-0.15, -0.1) is 11.3 Å². The van der Waals surface area contributed by atoms with Gasteiger partial charge in [0.15, 0.2) is 17.3 Å². The van der Waals surface area contributed by atoms with Crippen LogP contribution in [0.1, 0.15) is 0 Å². The second-order valence-electron chi connectivity index (χ2n) is 6.47. The highest BCUT2D eigenvalue weighted by molar-refractivity contribution is 7.92. The number of ether oxygens (including phenoxy) is 2. The van der Waals surface area contributed by atoms with Gasteiger partial charge in [0.25, 0.3) is 10.0 Å². The first-order valence-electron chi connectivity index (χ1n) is 9.06. The zero-order chi connectivity index (χ0) is 20.6.